The van der Waals surface area contributed by atoms with E-state index in [-0.39, 0.29) is 19.8 Å². The summed E-state index contributed by atoms with van der Waals surface area (Å²) in [6.45, 7) is 9.67. The molecule has 0 aromatic carbocycles. The van der Waals surface area contributed by atoms with Crippen LogP contribution in [0, 0.1) is 0 Å². The van der Waals surface area contributed by atoms with E-state index < -0.39 is 42.6 Å². The van der Waals surface area contributed by atoms with Crippen LogP contribution in [0.4, 0.5) is 0 Å². The number of carbonyl (C=O) groups is 2. The Morgan fingerprint density at radius 3 is 2.12 bits per heavy atom. The Labute approximate surface area is 141 Å². The Hall–Kier alpha value is -1.74. The van der Waals surface area contributed by atoms with Gasteiger partial charge in [-0.25, -0.2) is 0 Å². The molecule has 1 saturated heterocycles. The van der Waals surface area contributed by atoms with E-state index in [4.69, 9.17) is 23.7 Å². The molecule has 0 amide bonds. The van der Waals surface area contributed by atoms with Crippen LogP contribution in [0.15, 0.2) is 25.3 Å². The summed E-state index contributed by atoms with van der Waals surface area (Å²) in [5.41, 5.74) is 0. The van der Waals surface area contributed by atoms with Crippen LogP contribution in [0.2, 0.25) is 0 Å². The van der Waals surface area contributed by atoms with E-state index in [1.165, 1.54) is 26.0 Å². The molecule has 5 atom stereocenters. The van der Waals surface area contributed by atoms with Crippen molar-refractivity contribution < 1.29 is 38.4 Å². The SMILES string of the molecule is C=CCOC1C(OC(C)=O)[C@@H](OCC=C)C(O)O[C@@H]1COC(C)=O. The third kappa shape index (κ3) is 6.04. The monoisotopic (exact) mass is 344 g/mol. The van der Waals surface area contributed by atoms with Crippen LogP contribution in [0.1, 0.15) is 13.8 Å². The molecule has 8 heteroatoms. The molecule has 8 nitrogen and oxygen atoms in total. The zero-order valence-electron chi connectivity index (χ0n) is 13.9. The lowest BCUT2D eigenvalue weighted by Crippen LogP contribution is -2.61. The van der Waals surface area contributed by atoms with Gasteiger partial charge in [0.15, 0.2) is 12.4 Å². The molecule has 24 heavy (non-hydrogen) atoms. The lowest BCUT2D eigenvalue weighted by molar-refractivity contribution is -0.303. The maximum Gasteiger partial charge on any atom is 0.303 e. The summed E-state index contributed by atoms with van der Waals surface area (Å²) in [6.07, 6.45) is -1.97. The number of aliphatic hydroxyl groups is 1. The fourth-order valence-corrected chi connectivity index (χ4v) is 2.29. The molecule has 1 fully saturated rings. The van der Waals surface area contributed by atoms with Gasteiger partial charge in [0.2, 0.25) is 0 Å². The molecule has 0 aromatic heterocycles. The zero-order chi connectivity index (χ0) is 18.1. The molecule has 1 heterocycles. The number of carbonyl (C=O) groups excluding carboxylic acids is 2. The van der Waals surface area contributed by atoms with Gasteiger partial charge in [0, 0.05) is 13.8 Å². The van der Waals surface area contributed by atoms with E-state index in [2.05, 4.69) is 13.2 Å². The van der Waals surface area contributed by atoms with Crippen molar-refractivity contribution in [1.82, 2.24) is 0 Å². The van der Waals surface area contributed by atoms with E-state index >= 15 is 0 Å². The van der Waals surface area contributed by atoms with Gasteiger partial charge in [-0.1, -0.05) is 12.2 Å². The molecule has 3 unspecified atom stereocenters. The Bertz CT molecular complexity index is 449. The first-order valence-electron chi connectivity index (χ1n) is 7.49. The van der Waals surface area contributed by atoms with Crippen molar-refractivity contribution in [2.24, 2.45) is 0 Å². The molecule has 0 bridgehead atoms. The average molecular weight is 344 g/mol. The highest BCUT2D eigenvalue weighted by atomic mass is 16.7. The second-order valence-corrected chi connectivity index (χ2v) is 5.11. The van der Waals surface area contributed by atoms with Gasteiger partial charge in [0.1, 0.15) is 24.9 Å². The Balaban J connectivity index is 3.01. The minimum absolute atomic E-state index is 0.117. The molecule has 0 saturated carbocycles. The first kappa shape index (κ1) is 20.3. The second kappa shape index (κ2) is 10.2. The fourth-order valence-electron chi connectivity index (χ4n) is 2.29. The number of esters is 2. The highest BCUT2D eigenvalue weighted by Crippen LogP contribution is 2.27. The smallest absolute Gasteiger partial charge is 0.303 e. The van der Waals surface area contributed by atoms with Crippen LogP contribution in [-0.2, 0) is 33.3 Å². The Kier molecular flexibility index (Phi) is 8.62. The molecule has 1 aliphatic rings. The molecule has 0 aromatic rings. The minimum Gasteiger partial charge on any atom is -0.463 e. The molecule has 0 radical (unpaired) electrons. The molecule has 0 aliphatic carbocycles. The van der Waals surface area contributed by atoms with Gasteiger partial charge in [-0.15, -0.1) is 13.2 Å². The summed E-state index contributed by atoms with van der Waals surface area (Å²) in [6, 6.07) is 0. The van der Waals surface area contributed by atoms with E-state index in [9.17, 15) is 14.7 Å². The summed E-state index contributed by atoms with van der Waals surface area (Å²) in [4.78, 5) is 22.5. The third-order valence-corrected chi connectivity index (χ3v) is 3.18. The largest absolute Gasteiger partial charge is 0.463 e. The number of hydrogen-bond donors (Lipinski definition) is 1. The van der Waals surface area contributed by atoms with Crippen molar-refractivity contribution in [1.29, 1.82) is 0 Å². The summed E-state index contributed by atoms with van der Waals surface area (Å²) in [7, 11) is 0. The van der Waals surface area contributed by atoms with Gasteiger partial charge >= 0.3 is 11.9 Å². The second-order valence-electron chi connectivity index (χ2n) is 5.11. The van der Waals surface area contributed by atoms with Crippen molar-refractivity contribution in [3.63, 3.8) is 0 Å². The first-order chi connectivity index (χ1) is 11.4. The topological polar surface area (TPSA) is 101 Å². The lowest BCUT2D eigenvalue weighted by atomic mass is 9.98. The lowest BCUT2D eigenvalue weighted by Gasteiger charge is -2.43. The van der Waals surface area contributed by atoms with E-state index in [0.29, 0.717) is 0 Å². The van der Waals surface area contributed by atoms with Gasteiger partial charge < -0.3 is 28.8 Å². The van der Waals surface area contributed by atoms with E-state index in [1.807, 2.05) is 0 Å². The third-order valence-electron chi connectivity index (χ3n) is 3.18. The molecule has 1 rings (SSSR count). The fraction of sp³-hybridized carbons (Fsp3) is 0.625. The summed E-state index contributed by atoms with van der Waals surface area (Å²) in [5, 5.41) is 10.2. The predicted molar refractivity (Wildman–Crippen MR) is 82.9 cm³/mol. The van der Waals surface area contributed by atoms with Crippen molar-refractivity contribution in [3.8, 4) is 0 Å². The average Bonchev–Trinajstić information content (AvgIpc) is 2.51. The standard InChI is InChI=1S/C16H24O8/c1-5-7-20-13-12(9-22-10(3)17)24-16(19)15(21-8-6-2)14(13)23-11(4)18/h5-6,12-16,19H,1-2,7-9H2,3-4H3/t12-,13?,14?,15-,16?/m1/s1. The number of ether oxygens (including phenoxy) is 5. The molecular weight excluding hydrogens is 320 g/mol. The Morgan fingerprint density at radius 2 is 1.62 bits per heavy atom. The predicted octanol–water partition coefficient (Wildman–Crippen LogP) is 0.341. The van der Waals surface area contributed by atoms with Crippen LogP contribution in [-0.4, -0.2) is 67.6 Å². The van der Waals surface area contributed by atoms with Crippen LogP contribution >= 0.6 is 0 Å². The molecule has 0 spiro atoms. The summed E-state index contributed by atoms with van der Waals surface area (Å²) >= 11 is 0. The quantitative estimate of drug-likeness (QED) is 0.472. The normalized spacial score (nSPS) is 29.5. The van der Waals surface area contributed by atoms with Crippen molar-refractivity contribution >= 4 is 11.9 Å². The summed E-state index contributed by atoms with van der Waals surface area (Å²) in [5.74, 6) is -1.08. The zero-order valence-corrected chi connectivity index (χ0v) is 13.9. The van der Waals surface area contributed by atoms with Crippen molar-refractivity contribution in [2.45, 2.75) is 44.6 Å². The Morgan fingerprint density at radius 1 is 1.04 bits per heavy atom. The van der Waals surface area contributed by atoms with Crippen LogP contribution in [0.5, 0.6) is 0 Å². The number of aliphatic hydroxyl groups excluding tert-OH is 1. The van der Waals surface area contributed by atoms with Crippen LogP contribution in [0.25, 0.3) is 0 Å². The van der Waals surface area contributed by atoms with Gasteiger partial charge in [-0.05, 0) is 0 Å². The van der Waals surface area contributed by atoms with Gasteiger partial charge in [0.05, 0.1) is 13.2 Å². The van der Waals surface area contributed by atoms with E-state index in [1.54, 1.807) is 0 Å². The first-order valence-corrected chi connectivity index (χ1v) is 7.49. The van der Waals surface area contributed by atoms with Crippen molar-refractivity contribution in [3.05, 3.63) is 25.3 Å². The van der Waals surface area contributed by atoms with Gasteiger partial charge in [0.25, 0.3) is 0 Å². The molecule has 136 valence electrons. The van der Waals surface area contributed by atoms with Crippen LogP contribution < -0.4 is 0 Å². The summed E-state index contributed by atoms with van der Waals surface area (Å²) < 4.78 is 26.7. The number of hydrogen-bond acceptors (Lipinski definition) is 8. The molecular formula is C16H24O8. The maximum atomic E-state index is 11.4. The highest BCUT2D eigenvalue weighted by molar-refractivity contribution is 5.66. The maximum absolute atomic E-state index is 11.4. The number of rotatable bonds is 9. The molecule has 1 N–H and O–H groups in total. The minimum atomic E-state index is -1.39. The van der Waals surface area contributed by atoms with Crippen LogP contribution in [0.3, 0.4) is 0 Å². The van der Waals surface area contributed by atoms with Gasteiger partial charge in [-0.3, -0.25) is 9.59 Å². The molecule has 1 aliphatic heterocycles. The van der Waals surface area contributed by atoms with Crippen molar-refractivity contribution in [2.75, 3.05) is 19.8 Å². The van der Waals surface area contributed by atoms with E-state index in [0.717, 1.165) is 0 Å². The van der Waals surface area contributed by atoms with Gasteiger partial charge in [-0.2, -0.15) is 0 Å². The highest BCUT2D eigenvalue weighted by Gasteiger charge is 2.49.